The van der Waals surface area contributed by atoms with Gasteiger partial charge in [0.05, 0.1) is 6.10 Å². The Labute approximate surface area is 125 Å². The first-order valence-electron chi connectivity index (χ1n) is 7.47. The Morgan fingerprint density at radius 3 is 2.67 bits per heavy atom. The van der Waals surface area contributed by atoms with E-state index < -0.39 is 0 Å². The average Bonchev–Trinajstić information content (AvgIpc) is 2.50. The minimum atomic E-state index is -0.263. The summed E-state index contributed by atoms with van der Waals surface area (Å²) in [5.41, 5.74) is 4.76. The maximum absolute atomic E-state index is 9.74. The molecule has 2 aromatic rings. The molecule has 110 valence electrons. The lowest BCUT2D eigenvalue weighted by Crippen LogP contribution is -2.39. The molecule has 4 heteroatoms. The van der Waals surface area contributed by atoms with Crippen molar-refractivity contribution in [3.8, 4) is 11.1 Å². The lowest BCUT2D eigenvalue weighted by Gasteiger charge is -2.29. The van der Waals surface area contributed by atoms with Gasteiger partial charge in [0.2, 0.25) is 5.95 Å². The van der Waals surface area contributed by atoms with Crippen molar-refractivity contribution in [3.63, 3.8) is 0 Å². The number of aryl methyl sites for hydroxylation is 1. The lowest BCUT2D eigenvalue weighted by molar-refractivity contribution is 0.153. The van der Waals surface area contributed by atoms with Crippen LogP contribution in [0, 0.1) is 13.8 Å². The van der Waals surface area contributed by atoms with Crippen molar-refractivity contribution in [1.29, 1.82) is 0 Å². The molecule has 1 unspecified atom stereocenters. The molecule has 0 amide bonds. The molecule has 0 spiro atoms. The number of hydrogen-bond acceptors (Lipinski definition) is 4. The van der Waals surface area contributed by atoms with Crippen molar-refractivity contribution in [3.05, 3.63) is 41.7 Å². The van der Waals surface area contributed by atoms with Crippen molar-refractivity contribution in [2.45, 2.75) is 32.8 Å². The highest BCUT2D eigenvalue weighted by atomic mass is 16.3. The molecule has 0 radical (unpaired) electrons. The molecule has 1 fully saturated rings. The number of anilines is 1. The minimum absolute atomic E-state index is 0.263. The fourth-order valence-corrected chi connectivity index (χ4v) is 2.82. The Hall–Kier alpha value is -1.94. The van der Waals surface area contributed by atoms with E-state index in [1.807, 2.05) is 12.4 Å². The van der Waals surface area contributed by atoms with Crippen LogP contribution >= 0.6 is 0 Å². The summed E-state index contributed by atoms with van der Waals surface area (Å²) in [6, 6.07) is 6.28. The summed E-state index contributed by atoms with van der Waals surface area (Å²) in [5, 5.41) is 9.74. The normalized spacial score (nSPS) is 18.8. The van der Waals surface area contributed by atoms with Gasteiger partial charge in [0.25, 0.3) is 0 Å². The van der Waals surface area contributed by atoms with E-state index in [4.69, 9.17) is 0 Å². The third kappa shape index (κ3) is 2.90. The number of rotatable bonds is 2. The first kappa shape index (κ1) is 14.0. The summed E-state index contributed by atoms with van der Waals surface area (Å²) >= 11 is 0. The first-order valence-corrected chi connectivity index (χ1v) is 7.47. The van der Waals surface area contributed by atoms with Gasteiger partial charge in [-0.15, -0.1) is 0 Å². The quantitative estimate of drug-likeness (QED) is 0.920. The fourth-order valence-electron chi connectivity index (χ4n) is 2.82. The molecule has 21 heavy (non-hydrogen) atoms. The Balaban J connectivity index is 1.85. The molecule has 4 nitrogen and oxygen atoms in total. The van der Waals surface area contributed by atoms with Gasteiger partial charge >= 0.3 is 0 Å². The van der Waals surface area contributed by atoms with Crippen molar-refractivity contribution < 1.29 is 5.11 Å². The second-order valence-electron chi connectivity index (χ2n) is 5.76. The van der Waals surface area contributed by atoms with Crippen molar-refractivity contribution in [1.82, 2.24) is 9.97 Å². The minimum Gasteiger partial charge on any atom is -0.391 e. The maximum atomic E-state index is 9.74. The smallest absolute Gasteiger partial charge is 0.225 e. The summed E-state index contributed by atoms with van der Waals surface area (Å²) in [7, 11) is 0. The van der Waals surface area contributed by atoms with Crippen molar-refractivity contribution in [2.75, 3.05) is 18.0 Å². The highest BCUT2D eigenvalue weighted by molar-refractivity contribution is 5.67. The van der Waals surface area contributed by atoms with Crippen molar-refractivity contribution in [2.24, 2.45) is 0 Å². The molecule has 1 aliphatic heterocycles. The molecular weight excluding hydrogens is 262 g/mol. The van der Waals surface area contributed by atoms with Crippen LogP contribution in [0.4, 0.5) is 5.95 Å². The van der Waals surface area contributed by atoms with E-state index in [2.05, 4.69) is 46.9 Å². The number of aromatic nitrogens is 2. The number of aliphatic hydroxyl groups is 1. The third-order valence-electron chi connectivity index (χ3n) is 4.23. The SMILES string of the molecule is Cc1cccc(-c2cnc(N3CCCC(O)C3)nc2)c1C. The first-order chi connectivity index (χ1) is 10.1. The number of β-amino-alcohol motifs (C(OH)–C–C–N with tert-alkyl or cyclic N) is 1. The van der Waals surface area contributed by atoms with Gasteiger partial charge in [-0.1, -0.05) is 18.2 Å². The Kier molecular flexibility index (Phi) is 3.88. The van der Waals surface area contributed by atoms with Crippen molar-refractivity contribution >= 4 is 5.95 Å². The summed E-state index contributed by atoms with van der Waals surface area (Å²) in [6.07, 6.45) is 5.36. The molecule has 3 rings (SSSR count). The highest BCUT2D eigenvalue weighted by Gasteiger charge is 2.19. The Bertz CT molecular complexity index is 624. The van der Waals surface area contributed by atoms with Crippen LogP contribution in [0.1, 0.15) is 24.0 Å². The Morgan fingerprint density at radius 1 is 1.19 bits per heavy atom. The predicted molar refractivity (Wildman–Crippen MR) is 84.4 cm³/mol. The van der Waals surface area contributed by atoms with Crippen LogP contribution in [0.5, 0.6) is 0 Å². The predicted octanol–water partition coefficient (Wildman–Crippen LogP) is 2.72. The maximum Gasteiger partial charge on any atom is 0.225 e. The molecule has 0 saturated carbocycles. The molecule has 1 aromatic heterocycles. The topological polar surface area (TPSA) is 49.2 Å². The van der Waals surface area contributed by atoms with E-state index in [9.17, 15) is 5.11 Å². The van der Waals surface area contributed by atoms with E-state index >= 15 is 0 Å². The number of benzene rings is 1. The molecular formula is C17H21N3O. The lowest BCUT2D eigenvalue weighted by atomic mass is 9.99. The molecule has 0 aliphatic carbocycles. The molecule has 1 aromatic carbocycles. The average molecular weight is 283 g/mol. The van der Waals surface area contributed by atoms with Crippen LogP contribution < -0.4 is 4.90 Å². The third-order valence-corrected chi connectivity index (χ3v) is 4.23. The van der Waals surface area contributed by atoms with E-state index in [1.54, 1.807) is 0 Å². The summed E-state index contributed by atoms with van der Waals surface area (Å²) < 4.78 is 0. The standard InChI is InChI=1S/C17H21N3O/c1-12-5-3-7-16(13(12)2)14-9-18-17(19-10-14)20-8-4-6-15(21)11-20/h3,5,7,9-10,15,21H,4,6,8,11H2,1-2H3. The van der Waals surface area contributed by atoms with Gasteiger partial charge in [0.1, 0.15) is 0 Å². The van der Waals surface area contributed by atoms with E-state index in [1.165, 1.54) is 16.7 Å². The number of hydrogen-bond donors (Lipinski definition) is 1. The summed E-state index contributed by atoms with van der Waals surface area (Å²) in [6.45, 7) is 5.78. The number of piperidine rings is 1. The van der Waals surface area contributed by atoms with Gasteiger partial charge in [-0.3, -0.25) is 0 Å². The largest absolute Gasteiger partial charge is 0.391 e. The van der Waals surface area contributed by atoms with Crippen LogP contribution in [0.3, 0.4) is 0 Å². The van der Waals surface area contributed by atoms with Crippen LogP contribution in [0.25, 0.3) is 11.1 Å². The molecule has 1 atom stereocenters. The molecule has 1 aliphatic rings. The van der Waals surface area contributed by atoms with Crippen LogP contribution in [-0.2, 0) is 0 Å². The van der Waals surface area contributed by atoms with Gasteiger partial charge < -0.3 is 10.0 Å². The van der Waals surface area contributed by atoms with E-state index in [0.717, 1.165) is 24.9 Å². The fraction of sp³-hybridized carbons (Fsp3) is 0.412. The Morgan fingerprint density at radius 2 is 1.95 bits per heavy atom. The molecule has 1 N–H and O–H groups in total. The monoisotopic (exact) mass is 283 g/mol. The van der Waals surface area contributed by atoms with Gasteiger partial charge in [0.15, 0.2) is 0 Å². The zero-order chi connectivity index (χ0) is 14.8. The van der Waals surface area contributed by atoms with Gasteiger partial charge in [-0.25, -0.2) is 9.97 Å². The summed E-state index contributed by atoms with van der Waals surface area (Å²) in [5.74, 6) is 0.711. The van der Waals surface area contributed by atoms with Gasteiger partial charge in [-0.2, -0.15) is 0 Å². The van der Waals surface area contributed by atoms with Gasteiger partial charge in [-0.05, 0) is 43.4 Å². The number of nitrogens with zero attached hydrogens (tertiary/aromatic N) is 3. The second kappa shape index (κ2) is 5.82. The highest BCUT2D eigenvalue weighted by Crippen LogP contribution is 2.25. The van der Waals surface area contributed by atoms with Crippen LogP contribution in [0.15, 0.2) is 30.6 Å². The van der Waals surface area contributed by atoms with Crippen LogP contribution in [0.2, 0.25) is 0 Å². The summed E-state index contributed by atoms with van der Waals surface area (Å²) in [4.78, 5) is 11.0. The molecule has 0 bridgehead atoms. The molecule has 2 heterocycles. The van der Waals surface area contributed by atoms with Crippen LogP contribution in [-0.4, -0.2) is 34.3 Å². The molecule has 1 saturated heterocycles. The van der Waals surface area contributed by atoms with E-state index in [-0.39, 0.29) is 6.10 Å². The van der Waals surface area contributed by atoms with Gasteiger partial charge in [0, 0.05) is 31.0 Å². The second-order valence-corrected chi connectivity index (χ2v) is 5.76. The van der Waals surface area contributed by atoms with E-state index in [0.29, 0.717) is 12.5 Å². The zero-order valence-electron chi connectivity index (χ0n) is 12.6. The zero-order valence-corrected chi connectivity index (χ0v) is 12.6. The number of aliphatic hydroxyl groups excluding tert-OH is 1.